The number of fused-ring (bicyclic) bond motifs is 1. The number of benzene rings is 6. The molecular formula is C43H42N8O16S4. The molecule has 0 aliphatic heterocycles. The lowest BCUT2D eigenvalue weighted by Crippen LogP contribution is -2.20. The standard InChI is InChI=1S/C43H42N8O16S4/c1-24-7-11-33(42(15-24)71(62,63)64)49-51-34-22-39(66-5)36(16-25(34)2)44-43(52)45-37-17-26(3)35(23-40(37)67-13-6-14-68(53,54)55)50-48-32-12-10-29(20-38(32)65-4)47-46-28-9-8-27-18-30(69(56,57)58)21-41(31(27)19-28)70(59,60)61/h7-12,15-23H,6,13-14H2,1-5H3,(H2,44,45,52)(H,53,54,55)(H,56,57,58)(H,59,60,61)(H,62,63,64). The molecule has 0 saturated heterocycles. The van der Waals surface area contributed by atoms with Gasteiger partial charge in [0.2, 0.25) is 0 Å². The average Bonchev–Trinajstić information content (AvgIpc) is 3.28. The summed E-state index contributed by atoms with van der Waals surface area (Å²) in [5.74, 6) is -0.248. The number of carbonyl (C=O) groups is 1. The fraction of sp³-hybridized carbons (Fsp3) is 0.186. The molecular weight excluding hydrogens is 1010 g/mol. The van der Waals surface area contributed by atoms with Crippen molar-refractivity contribution < 1.29 is 70.9 Å². The van der Waals surface area contributed by atoms with Crippen LogP contribution in [0.3, 0.4) is 0 Å². The molecule has 0 spiro atoms. The molecule has 6 N–H and O–H groups in total. The quantitative estimate of drug-likeness (QED) is 0.0265. The normalized spacial score (nSPS) is 12.5. The third kappa shape index (κ3) is 13.9. The number of aryl methyl sites for hydroxylation is 3. The molecule has 0 bridgehead atoms. The van der Waals surface area contributed by atoms with Gasteiger partial charge in [-0.2, -0.15) is 54.1 Å². The van der Waals surface area contributed by atoms with Gasteiger partial charge in [0, 0.05) is 23.6 Å². The molecule has 0 aromatic heterocycles. The molecule has 6 rings (SSSR count). The smallest absolute Gasteiger partial charge is 0.323 e. The Bertz CT molecular complexity index is 3650. The summed E-state index contributed by atoms with van der Waals surface area (Å²) in [7, 11) is -16.0. The van der Waals surface area contributed by atoms with E-state index in [2.05, 4.69) is 41.3 Å². The zero-order chi connectivity index (χ0) is 52.1. The van der Waals surface area contributed by atoms with Crippen molar-refractivity contribution in [3.8, 4) is 17.2 Å². The summed E-state index contributed by atoms with van der Waals surface area (Å²) in [6.07, 6.45) is -0.123. The molecule has 0 heterocycles. The van der Waals surface area contributed by atoms with Gasteiger partial charge in [0.1, 0.15) is 38.4 Å². The number of nitrogens with one attached hydrogen (secondary N) is 2. The van der Waals surface area contributed by atoms with Gasteiger partial charge in [-0.25, -0.2) is 4.79 Å². The predicted molar refractivity (Wildman–Crippen MR) is 258 cm³/mol. The zero-order valence-electron chi connectivity index (χ0n) is 37.8. The van der Waals surface area contributed by atoms with Gasteiger partial charge in [-0.15, -0.1) is 10.2 Å². The highest BCUT2D eigenvalue weighted by molar-refractivity contribution is 7.87. The van der Waals surface area contributed by atoms with Gasteiger partial charge in [0.15, 0.2) is 0 Å². The summed E-state index contributed by atoms with van der Waals surface area (Å²) < 4.78 is 149. The second kappa shape index (κ2) is 21.4. The zero-order valence-corrected chi connectivity index (χ0v) is 41.1. The SMILES string of the molecule is COc1cc(N=Nc2ccc3cc(S(=O)(=O)O)cc(S(=O)(=O)O)c3c2)ccc1N=Nc1cc(OCCCS(=O)(=O)O)c(NC(=O)Nc2cc(C)c(N=Nc3ccc(C)cc3S(=O)(=O)O)cc2OC)cc1C. The fourth-order valence-corrected chi connectivity index (χ4v) is 9.05. The molecule has 0 radical (unpaired) electrons. The maximum absolute atomic E-state index is 13.5. The highest BCUT2D eigenvalue weighted by Crippen LogP contribution is 2.39. The third-order valence-corrected chi connectivity index (χ3v) is 13.3. The van der Waals surface area contributed by atoms with Crippen molar-refractivity contribution in [2.24, 2.45) is 30.7 Å². The summed E-state index contributed by atoms with van der Waals surface area (Å²) >= 11 is 0. The Morgan fingerprint density at radius 1 is 0.535 bits per heavy atom. The van der Waals surface area contributed by atoms with Crippen molar-refractivity contribution in [2.45, 2.75) is 41.9 Å². The molecule has 6 aromatic rings. The lowest BCUT2D eigenvalue weighted by molar-refractivity contribution is 0.261. The van der Waals surface area contributed by atoms with Gasteiger partial charge in [-0.1, -0.05) is 12.1 Å². The topological polar surface area (TPSA) is 360 Å². The van der Waals surface area contributed by atoms with E-state index in [4.69, 9.17) is 14.2 Å². The molecule has 24 nitrogen and oxygen atoms in total. The first-order chi connectivity index (χ1) is 33.2. The van der Waals surface area contributed by atoms with E-state index < -0.39 is 66.9 Å². The molecule has 0 atom stereocenters. The van der Waals surface area contributed by atoms with Crippen LogP contribution in [0.25, 0.3) is 10.8 Å². The maximum atomic E-state index is 13.5. The van der Waals surface area contributed by atoms with Gasteiger partial charge in [0.25, 0.3) is 40.5 Å². The number of ether oxygens (including phenoxy) is 3. The van der Waals surface area contributed by atoms with Gasteiger partial charge in [0.05, 0.1) is 65.6 Å². The van der Waals surface area contributed by atoms with E-state index >= 15 is 0 Å². The Hall–Kier alpha value is -7.31. The highest BCUT2D eigenvalue weighted by Gasteiger charge is 2.22. The number of carbonyl (C=O) groups excluding carboxylic acids is 1. The van der Waals surface area contributed by atoms with Crippen LogP contribution in [-0.4, -0.2) is 84.5 Å². The van der Waals surface area contributed by atoms with Gasteiger partial charge >= 0.3 is 6.03 Å². The minimum atomic E-state index is -4.95. The van der Waals surface area contributed by atoms with E-state index in [1.165, 1.54) is 87.0 Å². The van der Waals surface area contributed by atoms with E-state index in [0.717, 1.165) is 6.07 Å². The van der Waals surface area contributed by atoms with Crippen molar-refractivity contribution in [3.05, 3.63) is 108 Å². The van der Waals surface area contributed by atoms with Crippen LogP contribution in [0.5, 0.6) is 17.2 Å². The minimum absolute atomic E-state index is 0.0355. The lowest BCUT2D eigenvalue weighted by Gasteiger charge is -2.16. The van der Waals surface area contributed by atoms with Crippen LogP contribution in [0.2, 0.25) is 0 Å². The number of urea groups is 1. The first kappa shape index (κ1) is 53.0. The molecule has 6 aromatic carbocycles. The largest absolute Gasteiger partial charge is 0.494 e. The third-order valence-electron chi connectivity index (χ3n) is 9.93. The summed E-state index contributed by atoms with van der Waals surface area (Å²) in [6, 6.07) is 19.5. The summed E-state index contributed by atoms with van der Waals surface area (Å²) in [6.45, 7) is 4.74. The molecule has 71 heavy (non-hydrogen) atoms. The molecule has 374 valence electrons. The Labute approximate surface area is 406 Å². The Balaban J connectivity index is 1.23. The molecule has 0 aliphatic carbocycles. The second-order valence-corrected chi connectivity index (χ2v) is 21.0. The average molecular weight is 1060 g/mol. The van der Waals surface area contributed by atoms with Crippen LogP contribution >= 0.6 is 0 Å². The van der Waals surface area contributed by atoms with Crippen LogP contribution in [0.15, 0.2) is 136 Å². The number of nitrogens with zero attached hydrogens (tertiary/aromatic N) is 6. The number of hydrogen-bond donors (Lipinski definition) is 6. The van der Waals surface area contributed by atoms with Gasteiger partial charge in [-0.3, -0.25) is 18.2 Å². The Morgan fingerprint density at radius 2 is 1.07 bits per heavy atom. The van der Waals surface area contributed by atoms with Crippen LogP contribution in [0, 0.1) is 20.8 Å². The number of rotatable bonds is 18. The monoisotopic (exact) mass is 1050 g/mol. The molecule has 0 unspecified atom stereocenters. The Kier molecular flexibility index (Phi) is 16.0. The van der Waals surface area contributed by atoms with Gasteiger partial charge in [-0.05, 0) is 110 Å². The van der Waals surface area contributed by atoms with Crippen LogP contribution in [0.4, 0.5) is 50.3 Å². The van der Waals surface area contributed by atoms with Crippen LogP contribution in [0.1, 0.15) is 23.1 Å². The van der Waals surface area contributed by atoms with Crippen molar-refractivity contribution in [1.29, 1.82) is 0 Å². The molecule has 28 heteroatoms. The fourth-order valence-electron chi connectivity index (χ4n) is 6.52. The maximum Gasteiger partial charge on any atom is 0.323 e. The molecule has 0 aliphatic rings. The minimum Gasteiger partial charge on any atom is -0.494 e. The van der Waals surface area contributed by atoms with Crippen molar-refractivity contribution in [2.75, 3.05) is 37.2 Å². The summed E-state index contributed by atoms with van der Waals surface area (Å²) in [4.78, 5) is 11.6. The highest BCUT2D eigenvalue weighted by atomic mass is 32.2. The van der Waals surface area contributed by atoms with Gasteiger partial charge < -0.3 is 24.8 Å². The first-order valence-corrected chi connectivity index (χ1v) is 26.2. The van der Waals surface area contributed by atoms with Crippen LogP contribution < -0.4 is 24.8 Å². The number of amides is 2. The molecule has 0 fully saturated rings. The van der Waals surface area contributed by atoms with E-state index in [9.17, 15) is 56.7 Å². The summed E-state index contributed by atoms with van der Waals surface area (Å²) in [5, 5.41) is 30.4. The van der Waals surface area contributed by atoms with Crippen molar-refractivity contribution in [3.63, 3.8) is 0 Å². The first-order valence-electron chi connectivity index (χ1n) is 20.3. The van der Waals surface area contributed by atoms with E-state index in [-0.39, 0.29) is 86.5 Å². The Morgan fingerprint density at radius 3 is 1.65 bits per heavy atom. The molecule has 0 saturated carbocycles. The second-order valence-electron chi connectivity index (χ2n) is 15.2. The number of hydrogen-bond acceptors (Lipinski definition) is 18. The van der Waals surface area contributed by atoms with E-state index in [0.29, 0.717) is 22.8 Å². The van der Waals surface area contributed by atoms with Crippen LogP contribution in [-0.2, 0) is 40.5 Å². The predicted octanol–water partition coefficient (Wildman–Crippen LogP) is 10.1. The van der Waals surface area contributed by atoms with E-state index in [1.807, 2.05) is 0 Å². The number of methoxy groups -OCH3 is 2. The lowest BCUT2D eigenvalue weighted by atomic mass is 10.1. The van der Waals surface area contributed by atoms with Crippen molar-refractivity contribution in [1.82, 2.24) is 0 Å². The number of azo groups is 3. The molecule has 2 amide bonds. The summed E-state index contributed by atoms with van der Waals surface area (Å²) in [5.41, 5.74) is 2.79. The van der Waals surface area contributed by atoms with Crippen molar-refractivity contribution >= 4 is 103 Å². The number of anilines is 2. The van der Waals surface area contributed by atoms with E-state index in [1.54, 1.807) is 26.8 Å².